The van der Waals surface area contributed by atoms with Crippen molar-refractivity contribution in [2.75, 3.05) is 6.61 Å². The maximum Gasteiger partial charge on any atom is 0.314 e. The lowest BCUT2D eigenvalue weighted by Crippen LogP contribution is -2.30. The molecule has 0 spiro atoms. The van der Waals surface area contributed by atoms with E-state index in [0.29, 0.717) is 30.9 Å². The van der Waals surface area contributed by atoms with E-state index in [1.807, 2.05) is 0 Å². The molecule has 2 aliphatic rings. The molecule has 0 bridgehead atoms. The molecular weight excluding hydrogens is 393 g/mol. The van der Waals surface area contributed by atoms with Crippen LogP contribution in [0.25, 0.3) is 0 Å². The highest BCUT2D eigenvalue weighted by atomic mass is 19.2. The molecule has 0 atom stereocenters. The lowest BCUT2D eigenvalue weighted by molar-refractivity contribution is -0.141. The zero-order valence-electron chi connectivity index (χ0n) is 17.8. The Labute approximate surface area is 177 Å². The molecule has 0 radical (unpaired) electrons. The first kappa shape index (κ1) is 23.1. The monoisotopic (exact) mass is 426 g/mol. The van der Waals surface area contributed by atoms with Gasteiger partial charge < -0.3 is 9.47 Å². The number of ether oxygens (including phenoxy) is 2. The molecule has 0 amide bonds. The zero-order valence-corrected chi connectivity index (χ0v) is 17.8. The van der Waals surface area contributed by atoms with Crippen LogP contribution in [0.4, 0.5) is 13.2 Å². The maximum atomic E-state index is 13.3. The number of hydrogen-bond acceptors (Lipinski definition) is 3. The van der Waals surface area contributed by atoms with E-state index in [1.54, 1.807) is 0 Å². The van der Waals surface area contributed by atoms with Crippen molar-refractivity contribution in [3.05, 3.63) is 29.6 Å². The Morgan fingerprint density at radius 2 is 1.53 bits per heavy atom. The quantitative estimate of drug-likeness (QED) is 0.267. The Bertz CT molecular complexity index is 670. The fourth-order valence-electron chi connectivity index (χ4n) is 4.71. The molecule has 2 fully saturated rings. The number of rotatable bonds is 8. The minimum atomic E-state index is -1.57. The van der Waals surface area contributed by atoms with E-state index in [9.17, 15) is 18.0 Å². The molecule has 2 aliphatic carbocycles. The topological polar surface area (TPSA) is 35.5 Å². The number of carbonyl (C=O) groups is 1. The van der Waals surface area contributed by atoms with Crippen molar-refractivity contribution in [1.82, 2.24) is 0 Å². The predicted molar refractivity (Wildman–Crippen MR) is 109 cm³/mol. The molecule has 3 nitrogen and oxygen atoms in total. The van der Waals surface area contributed by atoms with Crippen LogP contribution in [0.5, 0.6) is 5.75 Å². The van der Waals surface area contributed by atoms with Crippen LogP contribution >= 0.6 is 0 Å². The van der Waals surface area contributed by atoms with Crippen LogP contribution in [0.2, 0.25) is 0 Å². The summed E-state index contributed by atoms with van der Waals surface area (Å²) in [6.07, 6.45) is 12.1. The van der Waals surface area contributed by atoms with E-state index in [-0.39, 0.29) is 17.8 Å². The predicted octanol–water partition coefficient (Wildman–Crippen LogP) is 6.58. The largest absolute Gasteiger partial charge is 0.426 e. The first-order valence-corrected chi connectivity index (χ1v) is 11.4. The molecule has 6 heteroatoms. The van der Waals surface area contributed by atoms with Gasteiger partial charge in [-0.25, -0.2) is 13.2 Å². The van der Waals surface area contributed by atoms with E-state index in [0.717, 1.165) is 25.4 Å². The molecule has 0 aliphatic heterocycles. The average molecular weight is 427 g/mol. The second-order valence-electron chi connectivity index (χ2n) is 8.96. The Morgan fingerprint density at radius 1 is 0.933 bits per heavy atom. The minimum absolute atomic E-state index is 0.160. The third-order valence-electron chi connectivity index (χ3n) is 6.68. The smallest absolute Gasteiger partial charge is 0.314 e. The summed E-state index contributed by atoms with van der Waals surface area (Å²) in [7, 11) is 0. The first-order valence-electron chi connectivity index (χ1n) is 11.4. The lowest BCUT2D eigenvalue weighted by Gasteiger charge is -2.31. The second-order valence-corrected chi connectivity index (χ2v) is 8.96. The summed E-state index contributed by atoms with van der Waals surface area (Å²) in [6.45, 7) is 3.05. The van der Waals surface area contributed by atoms with E-state index >= 15 is 0 Å². The number of unbranched alkanes of at least 4 members (excludes halogenated alkanes) is 1. The van der Waals surface area contributed by atoms with Crippen molar-refractivity contribution in [3.63, 3.8) is 0 Å². The summed E-state index contributed by atoms with van der Waals surface area (Å²) >= 11 is 0. The first-order chi connectivity index (χ1) is 14.5. The summed E-state index contributed by atoms with van der Waals surface area (Å²) in [4.78, 5) is 12.3. The van der Waals surface area contributed by atoms with Crippen molar-refractivity contribution < 1.29 is 27.4 Å². The van der Waals surface area contributed by atoms with Gasteiger partial charge in [0.1, 0.15) is 5.75 Å². The number of esters is 1. The Morgan fingerprint density at radius 3 is 2.13 bits per heavy atom. The zero-order chi connectivity index (χ0) is 21.5. The SMILES string of the molecule is CCCCC1CCC(COC2CCC(C(=O)Oc3cc(F)c(F)c(F)c3)CC2)CC1. The summed E-state index contributed by atoms with van der Waals surface area (Å²) in [5.74, 6) is -3.91. The van der Waals surface area contributed by atoms with Crippen LogP contribution in [0.1, 0.15) is 77.6 Å². The van der Waals surface area contributed by atoms with Gasteiger partial charge in [-0.2, -0.15) is 0 Å². The van der Waals surface area contributed by atoms with Crippen LogP contribution in [0, 0.1) is 35.2 Å². The van der Waals surface area contributed by atoms with Gasteiger partial charge in [-0.1, -0.05) is 39.0 Å². The standard InChI is InChI=1S/C24H33F3O3/c1-2-3-4-16-5-7-17(8-6-16)15-29-19-11-9-18(10-12-19)24(28)30-20-13-21(25)23(27)22(26)14-20/h13-14,16-19H,2-12,15H2,1H3. The molecule has 0 N–H and O–H groups in total. The van der Waals surface area contributed by atoms with Gasteiger partial charge in [-0.15, -0.1) is 0 Å². The van der Waals surface area contributed by atoms with Gasteiger partial charge in [-0.3, -0.25) is 4.79 Å². The number of halogens is 3. The van der Waals surface area contributed by atoms with Gasteiger partial charge in [0.2, 0.25) is 0 Å². The molecule has 0 aromatic heterocycles. The normalized spacial score (nSPS) is 27.1. The third kappa shape index (κ3) is 6.47. The molecule has 168 valence electrons. The lowest BCUT2D eigenvalue weighted by atomic mass is 9.80. The second kappa shape index (κ2) is 11.2. The van der Waals surface area contributed by atoms with E-state index < -0.39 is 23.4 Å². The minimum Gasteiger partial charge on any atom is -0.426 e. The molecule has 1 aromatic rings. The van der Waals surface area contributed by atoms with Gasteiger partial charge >= 0.3 is 5.97 Å². The van der Waals surface area contributed by atoms with Crippen LogP contribution in [0.3, 0.4) is 0 Å². The molecule has 3 rings (SSSR count). The Kier molecular flexibility index (Phi) is 8.61. The van der Waals surface area contributed by atoms with Crippen LogP contribution in [-0.2, 0) is 9.53 Å². The third-order valence-corrected chi connectivity index (χ3v) is 6.68. The molecule has 1 aromatic carbocycles. The van der Waals surface area contributed by atoms with Crippen molar-refractivity contribution in [3.8, 4) is 5.75 Å². The van der Waals surface area contributed by atoms with Gasteiger partial charge in [0, 0.05) is 18.7 Å². The Hall–Kier alpha value is -1.56. The summed E-state index contributed by atoms with van der Waals surface area (Å²) < 4.78 is 50.8. The molecule has 0 heterocycles. The van der Waals surface area contributed by atoms with E-state index in [4.69, 9.17) is 9.47 Å². The highest BCUT2D eigenvalue weighted by molar-refractivity contribution is 5.75. The number of hydrogen-bond donors (Lipinski definition) is 0. The molecule has 2 saturated carbocycles. The number of carbonyl (C=O) groups excluding carboxylic acids is 1. The molecule has 0 unspecified atom stereocenters. The van der Waals surface area contributed by atoms with Crippen molar-refractivity contribution in [2.24, 2.45) is 17.8 Å². The van der Waals surface area contributed by atoms with Gasteiger partial charge in [-0.05, 0) is 50.4 Å². The Balaban J connectivity index is 1.35. The van der Waals surface area contributed by atoms with Crippen LogP contribution < -0.4 is 4.74 Å². The van der Waals surface area contributed by atoms with Gasteiger partial charge in [0.25, 0.3) is 0 Å². The molecular formula is C24H33F3O3. The van der Waals surface area contributed by atoms with E-state index in [1.165, 1.54) is 44.9 Å². The van der Waals surface area contributed by atoms with Crippen molar-refractivity contribution in [1.29, 1.82) is 0 Å². The summed E-state index contributed by atoms with van der Waals surface area (Å²) in [5.41, 5.74) is 0. The molecule has 30 heavy (non-hydrogen) atoms. The van der Waals surface area contributed by atoms with Gasteiger partial charge in [0.15, 0.2) is 17.5 Å². The summed E-state index contributed by atoms with van der Waals surface area (Å²) in [6, 6.07) is 1.39. The fourth-order valence-corrected chi connectivity index (χ4v) is 4.71. The molecule has 0 saturated heterocycles. The number of benzene rings is 1. The van der Waals surface area contributed by atoms with Crippen molar-refractivity contribution >= 4 is 5.97 Å². The van der Waals surface area contributed by atoms with Gasteiger partial charge in [0.05, 0.1) is 12.0 Å². The highest BCUT2D eigenvalue weighted by Crippen LogP contribution is 2.34. The van der Waals surface area contributed by atoms with E-state index in [2.05, 4.69) is 6.92 Å². The summed E-state index contributed by atoms with van der Waals surface area (Å²) in [5, 5.41) is 0. The average Bonchev–Trinajstić information content (AvgIpc) is 2.75. The maximum absolute atomic E-state index is 13.3. The fraction of sp³-hybridized carbons (Fsp3) is 0.708. The van der Waals surface area contributed by atoms with Crippen LogP contribution in [-0.4, -0.2) is 18.7 Å². The van der Waals surface area contributed by atoms with Crippen LogP contribution in [0.15, 0.2) is 12.1 Å². The highest BCUT2D eigenvalue weighted by Gasteiger charge is 2.29. The van der Waals surface area contributed by atoms with Crippen molar-refractivity contribution in [2.45, 2.75) is 83.7 Å².